The van der Waals surface area contributed by atoms with Gasteiger partial charge in [-0.3, -0.25) is 9.59 Å². The Morgan fingerprint density at radius 1 is 1.23 bits per heavy atom. The van der Waals surface area contributed by atoms with Gasteiger partial charge in [-0.1, -0.05) is 12.7 Å². The molecule has 0 spiro atoms. The second-order valence-corrected chi connectivity index (χ2v) is 7.97. The lowest BCUT2D eigenvalue weighted by Gasteiger charge is -2.11. The molecule has 0 saturated carbocycles. The highest BCUT2D eigenvalue weighted by molar-refractivity contribution is 7.17. The molecule has 0 fully saturated rings. The molecule has 1 aromatic carbocycles. The minimum absolute atomic E-state index is 0.208. The number of fused-ring (bicyclic) bond motifs is 1. The molecule has 1 aromatic heterocycles. The number of carbonyl (C=O) groups is 3. The van der Waals surface area contributed by atoms with E-state index in [1.54, 1.807) is 12.1 Å². The van der Waals surface area contributed by atoms with Gasteiger partial charge in [0.15, 0.2) is 18.1 Å². The predicted octanol–water partition coefficient (Wildman–Crippen LogP) is 3.09. The van der Waals surface area contributed by atoms with Gasteiger partial charge in [0.05, 0.1) is 18.2 Å². The lowest BCUT2D eigenvalue weighted by molar-refractivity contribution is -0.119. The molecule has 8 nitrogen and oxygen atoms in total. The molecule has 31 heavy (non-hydrogen) atoms. The molecule has 0 unspecified atom stereocenters. The Hall–Kier alpha value is -3.33. The van der Waals surface area contributed by atoms with Crippen molar-refractivity contribution in [3.63, 3.8) is 0 Å². The number of aryl methyl sites for hydroxylation is 1. The van der Waals surface area contributed by atoms with Crippen molar-refractivity contribution in [2.24, 2.45) is 5.73 Å². The van der Waals surface area contributed by atoms with Crippen LogP contribution in [0.4, 0.5) is 5.00 Å². The summed E-state index contributed by atoms with van der Waals surface area (Å²) in [4.78, 5) is 37.7. The van der Waals surface area contributed by atoms with E-state index >= 15 is 0 Å². The average molecular weight is 445 g/mol. The van der Waals surface area contributed by atoms with Crippen molar-refractivity contribution < 1.29 is 28.6 Å². The van der Waals surface area contributed by atoms with Gasteiger partial charge in [-0.2, -0.15) is 0 Å². The predicted molar refractivity (Wildman–Crippen MR) is 117 cm³/mol. The van der Waals surface area contributed by atoms with Crippen LogP contribution in [0.15, 0.2) is 30.9 Å². The van der Waals surface area contributed by atoms with Crippen LogP contribution in [0.2, 0.25) is 0 Å². The molecule has 1 aliphatic carbocycles. The first kappa shape index (κ1) is 22.4. The van der Waals surface area contributed by atoms with Gasteiger partial charge in [-0.25, -0.2) is 4.79 Å². The van der Waals surface area contributed by atoms with E-state index < -0.39 is 24.4 Å². The zero-order chi connectivity index (χ0) is 22.4. The quantitative estimate of drug-likeness (QED) is 0.453. The maximum absolute atomic E-state index is 12.3. The number of carbonyl (C=O) groups excluding carboxylic acids is 3. The van der Waals surface area contributed by atoms with Crippen LogP contribution >= 0.6 is 11.3 Å². The Labute approximate surface area is 184 Å². The van der Waals surface area contributed by atoms with Crippen LogP contribution < -0.4 is 20.5 Å². The minimum Gasteiger partial charge on any atom is -0.493 e. The monoisotopic (exact) mass is 444 g/mol. The fraction of sp³-hybridized carbons (Fsp3) is 0.318. The molecule has 2 amide bonds. The second-order valence-electron chi connectivity index (χ2n) is 6.87. The fourth-order valence-electron chi connectivity index (χ4n) is 3.35. The molecule has 1 heterocycles. The van der Waals surface area contributed by atoms with Gasteiger partial charge in [0.2, 0.25) is 0 Å². The highest BCUT2D eigenvalue weighted by Crippen LogP contribution is 2.37. The standard InChI is InChI=1S/C22H24N2O6S/c1-3-10-29-15-9-8-13(11-16(15)28-2)22(27)30-12-18(25)24-21-19(20(23)26)14-6-4-5-7-17(14)31-21/h3,8-9,11H,1,4-7,10,12H2,2H3,(H2,23,26)(H,24,25). The van der Waals surface area contributed by atoms with Gasteiger partial charge >= 0.3 is 5.97 Å². The number of nitrogens with two attached hydrogens (primary N) is 1. The molecule has 0 atom stereocenters. The van der Waals surface area contributed by atoms with Crippen molar-refractivity contribution in [2.75, 3.05) is 25.6 Å². The highest BCUT2D eigenvalue weighted by Gasteiger charge is 2.25. The molecule has 3 N–H and O–H groups in total. The number of esters is 1. The Morgan fingerprint density at radius 2 is 2.00 bits per heavy atom. The normalized spacial score (nSPS) is 12.4. The van der Waals surface area contributed by atoms with Gasteiger partial charge in [0, 0.05) is 4.88 Å². The first-order valence-electron chi connectivity index (χ1n) is 9.77. The van der Waals surface area contributed by atoms with Crippen LogP contribution in [-0.2, 0) is 22.4 Å². The number of hydrogen-bond donors (Lipinski definition) is 2. The van der Waals surface area contributed by atoms with Crippen molar-refractivity contribution in [2.45, 2.75) is 25.7 Å². The van der Waals surface area contributed by atoms with Gasteiger partial charge in [0.1, 0.15) is 11.6 Å². The SMILES string of the molecule is C=CCOc1ccc(C(=O)OCC(=O)Nc2sc3c(c2C(N)=O)CCCC3)cc1OC. The Bertz CT molecular complexity index is 1010. The van der Waals surface area contributed by atoms with Crippen molar-refractivity contribution in [1.82, 2.24) is 0 Å². The zero-order valence-electron chi connectivity index (χ0n) is 17.2. The lowest BCUT2D eigenvalue weighted by atomic mass is 9.95. The molecule has 0 radical (unpaired) electrons. The summed E-state index contributed by atoms with van der Waals surface area (Å²) in [6.07, 6.45) is 5.24. The first-order chi connectivity index (χ1) is 14.9. The number of benzene rings is 1. The minimum atomic E-state index is -0.690. The third-order valence-corrected chi connectivity index (χ3v) is 5.97. The molecule has 2 aromatic rings. The largest absolute Gasteiger partial charge is 0.493 e. The van der Waals surface area contributed by atoms with Crippen molar-refractivity contribution in [1.29, 1.82) is 0 Å². The Balaban J connectivity index is 1.64. The van der Waals surface area contributed by atoms with E-state index in [1.165, 1.54) is 30.6 Å². The molecule has 0 bridgehead atoms. The number of thiophene rings is 1. The van der Waals surface area contributed by atoms with E-state index in [9.17, 15) is 14.4 Å². The highest BCUT2D eigenvalue weighted by atomic mass is 32.1. The van der Waals surface area contributed by atoms with E-state index in [-0.39, 0.29) is 5.56 Å². The molecule has 0 aliphatic heterocycles. The number of primary amides is 1. The van der Waals surface area contributed by atoms with Crippen molar-refractivity contribution in [3.05, 3.63) is 52.4 Å². The summed E-state index contributed by atoms with van der Waals surface area (Å²) in [5, 5.41) is 3.07. The third kappa shape index (κ3) is 5.24. The molecule has 0 saturated heterocycles. The summed E-state index contributed by atoms with van der Waals surface area (Å²) in [6, 6.07) is 4.56. The van der Waals surface area contributed by atoms with Gasteiger partial charge < -0.3 is 25.3 Å². The summed E-state index contributed by atoms with van der Waals surface area (Å²) in [5.74, 6) is -0.998. The number of ether oxygens (including phenoxy) is 3. The molecule has 3 rings (SSSR count). The number of hydrogen-bond acceptors (Lipinski definition) is 7. The molecule has 164 valence electrons. The van der Waals surface area contributed by atoms with Crippen molar-refractivity contribution in [3.8, 4) is 11.5 Å². The third-order valence-electron chi connectivity index (χ3n) is 4.76. The van der Waals surface area contributed by atoms with E-state index in [1.807, 2.05) is 0 Å². The Kier molecular flexibility index (Phi) is 7.30. The lowest BCUT2D eigenvalue weighted by Crippen LogP contribution is -2.23. The zero-order valence-corrected chi connectivity index (χ0v) is 18.0. The van der Waals surface area contributed by atoms with Crippen LogP contribution in [0, 0.1) is 0 Å². The summed E-state index contributed by atoms with van der Waals surface area (Å²) in [6.45, 7) is 3.37. The molecular weight excluding hydrogens is 420 g/mol. The van der Waals surface area contributed by atoms with Crippen LogP contribution in [0.3, 0.4) is 0 Å². The summed E-state index contributed by atoms with van der Waals surface area (Å²) >= 11 is 1.35. The van der Waals surface area contributed by atoms with Crippen LogP contribution in [-0.4, -0.2) is 38.1 Å². The maximum Gasteiger partial charge on any atom is 0.338 e. The number of anilines is 1. The molecule has 1 aliphatic rings. The summed E-state index contributed by atoms with van der Waals surface area (Å²) < 4.78 is 15.8. The van der Waals surface area contributed by atoms with E-state index in [0.29, 0.717) is 28.7 Å². The average Bonchev–Trinajstić information content (AvgIpc) is 3.13. The van der Waals surface area contributed by atoms with Gasteiger partial charge in [-0.15, -0.1) is 11.3 Å². The van der Waals surface area contributed by atoms with Crippen LogP contribution in [0.5, 0.6) is 11.5 Å². The number of nitrogens with one attached hydrogen (secondary N) is 1. The topological polar surface area (TPSA) is 117 Å². The fourth-order valence-corrected chi connectivity index (χ4v) is 4.67. The van der Waals surface area contributed by atoms with Crippen LogP contribution in [0.1, 0.15) is 44.0 Å². The first-order valence-corrected chi connectivity index (χ1v) is 10.6. The summed E-state index contributed by atoms with van der Waals surface area (Å²) in [7, 11) is 1.45. The smallest absolute Gasteiger partial charge is 0.338 e. The van der Waals surface area contributed by atoms with Gasteiger partial charge in [0.25, 0.3) is 11.8 Å². The van der Waals surface area contributed by atoms with Gasteiger partial charge in [-0.05, 0) is 49.4 Å². The molecule has 9 heteroatoms. The summed E-state index contributed by atoms with van der Waals surface area (Å²) in [5.41, 5.74) is 7.02. The van der Waals surface area contributed by atoms with E-state index in [2.05, 4.69) is 11.9 Å². The van der Waals surface area contributed by atoms with E-state index in [0.717, 1.165) is 36.1 Å². The van der Waals surface area contributed by atoms with E-state index in [4.69, 9.17) is 19.9 Å². The number of methoxy groups -OCH3 is 1. The number of rotatable bonds is 9. The molecular formula is C22H24N2O6S. The number of amides is 2. The second kappa shape index (κ2) is 10.1. The maximum atomic E-state index is 12.3. The van der Waals surface area contributed by atoms with Crippen LogP contribution in [0.25, 0.3) is 0 Å². The Morgan fingerprint density at radius 3 is 2.71 bits per heavy atom. The van der Waals surface area contributed by atoms with Crippen molar-refractivity contribution >= 4 is 34.1 Å².